The quantitative estimate of drug-likeness (QED) is 0.328. The molecule has 0 aromatic carbocycles. The number of aliphatic carboxylic acids is 2. The van der Waals surface area contributed by atoms with Crippen molar-refractivity contribution >= 4 is 22.1 Å². The molecule has 0 saturated carbocycles. The van der Waals surface area contributed by atoms with Gasteiger partial charge in [-0.1, -0.05) is 0 Å². The molecule has 0 aromatic heterocycles. The van der Waals surface area contributed by atoms with Crippen LogP contribution in [0.1, 0.15) is 6.42 Å². The van der Waals surface area contributed by atoms with Gasteiger partial charge < -0.3 is 30.6 Å². The third-order valence-electron chi connectivity index (χ3n) is 1.10. The Hall–Kier alpha value is 0.770. The summed E-state index contributed by atoms with van der Waals surface area (Å²) in [6.45, 7) is 0.472. The van der Waals surface area contributed by atoms with Crippen molar-refractivity contribution in [1.82, 2.24) is 0 Å². The number of aliphatic hydroxyl groups is 1. The van der Waals surface area contributed by atoms with Gasteiger partial charge in [0.25, 0.3) is 10.1 Å². The van der Waals surface area contributed by atoms with Crippen LogP contribution < -0.4 is 75.1 Å². The van der Waals surface area contributed by atoms with E-state index in [1.165, 1.54) is 0 Å². The summed E-state index contributed by atoms with van der Waals surface area (Å²) in [5, 5.41) is 25.0. The smallest absolute Gasteiger partial charge is 0.550 e. The molecule has 1 unspecified atom stereocenters. The van der Waals surface area contributed by atoms with E-state index >= 15 is 0 Å². The van der Waals surface area contributed by atoms with Crippen LogP contribution in [0.5, 0.6) is 0 Å². The summed E-state index contributed by atoms with van der Waals surface area (Å²) in [5.41, 5.74) is 4.78. The molecule has 0 amide bonds. The van der Waals surface area contributed by atoms with E-state index in [2.05, 4.69) is 0 Å². The van der Waals surface area contributed by atoms with Crippen LogP contribution in [0.15, 0.2) is 0 Å². The van der Waals surface area contributed by atoms with Gasteiger partial charge in [0.15, 0.2) is 0 Å². The molecule has 96 valence electrons. The Morgan fingerprint density at radius 2 is 1.56 bits per heavy atom. The van der Waals surface area contributed by atoms with Gasteiger partial charge in [-0.2, -0.15) is 8.42 Å². The van der Waals surface area contributed by atoms with Gasteiger partial charge in [-0.3, -0.25) is 4.55 Å². The fraction of sp³-hybridized carbons (Fsp3) is 0.667. The first-order valence-corrected chi connectivity index (χ1v) is 5.35. The molecule has 0 radical (unpaired) electrons. The summed E-state index contributed by atoms with van der Waals surface area (Å²) < 4.78 is 28.5. The van der Waals surface area contributed by atoms with Gasteiger partial charge >= 0.3 is 59.1 Å². The normalized spacial score (nSPS) is 10.8. The van der Waals surface area contributed by atoms with Gasteiger partial charge in [-0.05, 0) is 0 Å². The van der Waals surface area contributed by atoms with Crippen molar-refractivity contribution < 1.29 is 97.0 Å². The molecule has 12 heteroatoms. The van der Waals surface area contributed by atoms with E-state index in [1.807, 2.05) is 0 Å². The molecular formula is C6H11NNa2O8S. The summed E-state index contributed by atoms with van der Waals surface area (Å²) >= 11 is 0. The molecule has 9 nitrogen and oxygen atoms in total. The van der Waals surface area contributed by atoms with Crippen LogP contribution in [0, 0.1) is 0 Å². The minimum atomic E-state index is -4.94. The molecule has 0 rings (SSSR count). The van der Waals surface area contributed by atoms with Gasteiger partial charge in [0.05, 0.1) is 12.6 Å². The van der Waals surface area contributed by atoms with Gasteiger partial charge in [0, 0.05) is 18.9 Å². The molecule has 0 aliphatic rings. The Morgan fingerprint density at radius 1 is 1.22 bits per heavy atom. The zero-order valence-electron chi connectivity index (χ0n) is 10.0. The Kier molecular flexibility index (Phi) is 21.4. The summed E-state index contributed by atoms with van der Waals surface area (Å²) in [6, 6.07) is 0. The van der Waals surface area contributed by atoms with Crippen molar-refractivity contribution in [2.45, 2.75) is 11.7 Å². The molecule has 0 aliphatic carbocycles. The van der Waals surface area contributed by atoms with Crippen LogP contribution in [0.4, 0.5) is 0 Å². The van der Waals surface area contributed by atoms with Crippen LogP contribution in [0.3, 0.4) is 0 Å². The molecule has 18 heavy (non-hydrogen) atoms. The number of hydrogen-bond donors (Lipinski definition) is 3. The molecule has 4 N–H and O–H groups in total. The second-order valence-corrected chi connectivity index (χ2v) is 4.01. The maximum Gasteiger partial charge on any atom is 1.00 e. The average molecular weight is 303 g/mol. The number of carbonyl (C=O) groups excluding carboxylic acids is 2. The SMILES string of the molecule is NCCO.O=C([O-])CC(C(=O)[O-])S(=O)(=O)O.[Na+].[Na+]. The summed E-state index contributed by atoms with van der Waals surface area (Å²) in [6.07, 6.45) is -1.33. The monoisotopic (exact) mass is 303 g/mol. The number of nitrogens with two attached hydrogens (primary N) is 1. The Morgan fingerprint density at radius 3 is 1.61 bits per heavy atom. The first-order chi connectivity index (χ1) is 7.16. The largest absolute Gasteiger partial charge is 1.00 e. The number of aliphatic hydroxyl groups excluding tert-OH is 1. The second-order valence-electron chi connectivity index (χ2n) is 2.41. The predicted octanol–water partition coefficient (Wildman–Crippen LogP) is -10.9. The second kappa shape index (κ2) is 14.2. The van der Waals surface area contributed by atoms with E-state index in [4.69, 9.17) is 15.4 Å². The number of carboxylic acid groups (broad SMARTS) is 2. The average Bonchev–Trinajstić information content (AvgIpc) is 2.12. The van der Waals surface area contributed by atoms with E-state index in [0.29, 0.717) is 6.54 Å². The van der Waals surface area contributed by atoms with Crippen LogP contribution >= 0.6 is 0 Å². The minimum absolute atomic E-state index is 0. The van der Waals surface area contributed by atoms with Gasteiger partial charge in [-0.15, -0.1) is 0 Å². The van der Waals surface area contributed by atoms with E-state index in [1.54, 1.807) is 0 Å². The molecule has 0 saturated heterocycles. The predicted molar refractivity (Wildman–Crippen MR) is 46.1 cm³/mol. The number of hydrogen-bond acceptors (Lipinski definition) is 8. The summed E-state index contributed by atoms with van der Waals surface area (Å²) in [7, 11) is -4.94. The number of carbonyl (C=O) groups is 2. The van der Waals surface area contributed by atoms with E-state index in [-0.39, 0.29) is 65.7 Å². The van der Waals surface area contributed by atoms with Crippen LogP contribution in [-0.2, 0) is 19.7 Å². The molecule has 0 aromatic rings. The molecule has 0 fully saturated rings. The molecule has 0 spiro atoms. The van der Waals surface area contributed by atoms with Gasteiger partial charge in [-0.25, -0.2) is 0 Å². The van der Waals surface area contributed by atoms with E-state index in [9.17, 15) is 28.2 Å². The maximum absolute atomic E-state index is 10.2. The van der Waals surface area contributed by atoms with Gasteiger partial charge in [0.2, 0.25) is 0 Å². The zero-order chi connectivity index (χ0) is 13.4. The molecule has 0 aliphatic heterocycles. The van der Waals surface area contributed by atoms with Crippen molar-refractivity contribution in [3.63, 3.8) is 0 Å². The fourth-order valence-corrected chi connectivity index (χ4v) is 1.05. The number of carboxylic acids is 2. The first kappa shape index (κ1) is 27.2. The van der Waals surface area contributed by atoms with Crippen LogP contribution in [-0.4, -0.2) is 48.4 Å². The van der Waals surface area contributed by atoms with Crippen molar-refractivity contribution in [3.05, 3.63) is 0 Å². The topological polar surface area (TPSA) is 181 Å². The Bertz CT molecular complexity index is 330. The van der Waals surface area contributed by atoms with E-state index < -0.39 is 33.7 Å². The van der Waals surface area contributed by atoms with Gasteiger partial charge in [0.1, 0.15) is 5.25 Å². The maximum atomic E-state index is 10.2. The first-order valence-electron chi connectivity index (χ1n) is 3.84. The van der Waals surface area contributed by atoms with Crippen molar-refractivity contribution in [1.29, 1.82) is 0 Å². The summed E-state index contributed by atoms with van der Waals surface area (Å²) in [5.74, 6) is -4.08. The third kappa shape index (κ3) is 16.8. The fourth-order valence-electron chi connectivity index (χ4n) is 0.462. The molecule has 0 heterocycles. The number of rotatable bonds is 5. The minimum Gasteiger partial charge on any atom is -0.550 e. The van der Waals surface area contributed by atoms with Crippen molar-refractivity contribution in [3.8, 4) is 0 Å². The van der Waals surface area contributed by atoms with Crippen LogP contribution in [0.25, 0.3) is 0 Å². The molecule has 1 atom stereocenters. The molecule has 0 bridgehead atoms. The Labute approximate surface area is 148 Å². The molecular weight excluding hydrogens is 292 g/mol. The van der Waals surface area contributed by atoms with E-state index in [0.717, 1.165) is 0 Å². The standard InChI is InChI=1S/C4H6O7S.C2H7NO.2Na/c5-3(6)1-2(4(7)8)12(9,10)11;3-1-2-4;;/h2H,1H2,(H,5,6)(H,7,8)(H,9,10,11);4H,1-3H2;;/q;;2*+1/p-2. The van der Waals surface area contributed by atoms with Crippen LogP contribution in [0.2, 0.25) is 0 Å². The summed E-state index contributed by atoms with van der Waals surface area (Å²) in [4.78, 5) is 19.7. The van der Waals surface area contributed by atoms with Crippen molar-refractivity contribution in [2.75, 3.05) is 13.2 Å². The zero-order valence-corrected chi connectivity index (χ0v) is 14.8. The third-order valence-corrected chi connectivity index (χ3v) is 2.18. The van der Waals surface area contributed by atoms with Crippen molar-refractivity contribution in [2.24, 2.45) is 5.73 Å². The Balaban J connectivity index is -0.000000143.